The molecule has 5 rings (SSSR count). The topological polar surface area (TPSA) is 89.0 Å². The minimum absolute atomic E-state index is 0.0788. The zero-order valence-electron chi connectivity index (χ0n) is 18.0. The van der Waals surface area contributed by atoms with Crippen LogP contribution in [0.25, 0.3) is 11.1 Å². The smallest absolute Gasteiger partial charge is 0.410 e. The van der Waals surface area contributed by atoms with E-state index in [9.17, 15) is 14.7 Å². The minimum Gasteiger partial charge on any atom is -0.480 e. The largest absolute Gasteiger partial charge is 0.480 e. The molecule has 2 aliphatic rings. The van der Waals surface area contributed by atoms with Gasteiger partial charge < -0.3 is 14.6 Å². The third kappa shape index (κ3) is 4.07. The van der Waals surface area contributed by atoms with Crippen molar-refractivity contribution in [2.24, 2.45) is 0 Å². The molecular weight excluding hydrogens is 420 g/mol. The van der Waals surface area contributed by atoms with Crippen molar-refractivity contribution in [3.8, 4) is 11.1 Å². The summed E-state index contributed by atoms with van der Waals surface area (Å²) in [6, 6.07) is 18.8. The fourth-order valence-electron chi connectivity index (χ4n) is 4.80. The lowest BCUT2D eigenvalue weighted by Gasteiger charge is -2.25. The number of carbonyl (C=O) groups is 2. The van der Waals surface area contributed by atoms with Crippen LogP contribution in [0.1, 0.15) is 29.0 Å². The molecule has 1 aromatic heterocycles. The summed E-state index contributed by atoms with van der Waals surface area (Å²) in [4.78, 5) is 30.2. The lowest BCUT2D eigenvalue weighted by molar-refractivity contribution is -0.146. The highest BCUT2D eigenvalue weighted by Crippen LogP contribution is 2.44. The molecular formula is C26H24N2O5. The number of ether oxygens (including phenoxy) is 2. The number of likely N-dealkylation sites (tertiary alicyclic amines) is 1. The maximum Gasteiger partial charge on any atom is 0.410 e. The van der Waals surface area contributed by atoms with Crippen molar-refractivity contribution in [3.05, 3.63) is 89.7 Å². The SMILES string of the molecule is O=C(O)[C@@H]1[C@H](OCc2cccnc2)CCN1C(=O)OCC1c2ccccc2-c2ccccc21. The number of aliphatic carboxylic acids is 1. The Morgan fingerprint density at radius 1 is 1.00 bits per heavy atom. The Morgan fingerprint density at radius 2 is 1.70 bits per heavy atom. The zero-order valence-corrected chi connectivity index (χ0v) is 18.0. The number of carboxylic acid groups (broad SMARTS) is 1. The summed E-state index contributed by atoms with van der Waals surface area (Å²) in [7, 11) is 0. The van der Waals surface area contributed by atoms with Crippen molar-refractivity contribution >= 4 is 12.1 Å². The first-order valence-electron chi connectivity index (χ1n) is 11.0. The number of carbonyl (C=O) groups excluding carboxylic acids is 1. The number of amides is 1. The Hall–Kier alpha value is -3.71. The Kier molecular flexibility index (Phi) is 5.79. The first kappa shape index (κ1) is 21.2. The van der Waals surface area contributed by atoms with E-state index in [-0.39, 0.29) is 25.7 Å². The van der Waals surface area contributed by atoms with Gasteiger partial charge in [0.15, 0.2) is 6.04 Å². The van der Waals surface area contributed by atoms with E-state index >= 15 is 0 Å². The molecule has 7 nitrogen and oxygen atoms in total. The number of carboxylic acids is 1. The summed E-state index contributed by atoms with van der Waals surface area (Å²) in [5.41, 5.74) is 5.35. The van der Waals surface area contributed by atoms with Crippen LogP contribution in [0.4, 0.5) is 4.79 Å². The summed E-state index contributed by atoms with van der Waals surface area (Å²) < 4.78 is 11.5. The van der Waals surface area contributed by atoms with Crippen LogP contribution in [0.3, 0.4) is 0 Å². The van der Waals surface area contributed by atoms with Gasteiger partial charge in [-0.1, -0.05) is 54.6 Å². The number of hydrogen-bond donors (Lipinski definition) is 1. The van der Waals surface area contributed by atoms with Gasteiger partial charge in [-0.25, -0.2) is 9.59 Å². The minimum atomic E-state index is -1.10. The van der Waals surface area contributed by atoms with Gasteiger partial charge in [0.05, 0.1) is 12.7 Å². The molecule has 0 saturated carbocycles. The Bertz CT molecular complexity index is 1120. The van der Waals surface area contributed by atoms with Crippen molar-refractivity contribution in [1.82, 2.24) is 9.88 Å². The predicted octanol–water partition coefficient (Wildman–Crippen LogP) is 4.07. The van der Waals surface area contributed by atoms with Crippen molar-refractivity contribution < 1.29 is 24.2 Å². The standard InChI is InChI=1S/C26H24N2O5/c29-25(30)24-23(32-15-17-6-5-12-27-14-17)11-13-28(24)26(31)33-16-22-20-9-3-1-7-18(20)19-8-2-4-10-21(19)22/h1-10,12,14,22-24H,11,13,15-16H2,(H,29,30)/t23-,24+/m1/s1. The highest BCUT2D eigenvalue weighted by atomic mass is 16.6. The van der Waals surface area contributed by atoms with Crippen LogP contribution in [0.2, 0.25) is 0 Å². The molecule has 1 saturated heterocycles. The van der Waals surface area contributed by atoms with Gasteiger partial charge in [0.25, 0.3) is 0 Å². The van der Waals surface area contributed by atoms with E-state index in [0.717, 1.165) is 27.8 Å². The van der Waals surface area contributed by atoms with Gasteiger partial charge in [0.2, 0.25) is 0 Å². The molecule has 2 aromatic carbocycles. The zero-order chi connectivity index (χ0) is 22.8. The number of rotatable bonds is 6. The van der Waals surface area contributed by atoms with E-state index in [1.807, 2.05) is 42.5 Å². The second-order valence-corrected chi connectivity index (χ2v) is 8.28. The lowest BCUT2D eigenvalue weighted by atomic mass is 9.98. The molecule has 33 heavy (non-hydrogen) atoms. The molecule has 1 aliphatic heterocycles. The molecule has 0 spiro atoms. The molecule has 2 heterocycles. The summed E-state index contributed by atoms with van der Waals surface area (Å²) >= 11 is 0. The van der Waals surface area contributed by atoms with Crippen LogP contribution in [0.5, 0.6) is 0 Å². The van der Waals surface area contributed by atoms with Gasteiger partial charge in [-0.2, -0.15) is 0 Å². The highest BCUT2D eigenvalue weighted by molar-refractivity contribution is 5.82. The molecule has 1 aliphatic carbocycles. The van der Waals surface area contributed by atoms with E-state index in [0.29, 0.717) is 6.42 Å². The normalized spacial score (nSPS) is 19.2. The van der Waals surface area contributed by atoms with Crippen molar-refractivity contribution in [3.63, 3.8) is 0 Å². The number of fused-ring (bicyclic) bond motifs is 3. The molecule has 168 valence electrons. The van der Waals surface area contributed by atoms with Crippen LogP contribution in [-0.2, 0) is 20.9 Å². The molecule has 0 bridgehead atoms. The predicted molar refractivity (Wildman–Crippen MR) is 121 cm³/mol. The van der Waals surface area contributed by atoms with E-state index in [4.69, 9.17) is 9.47 Å². The number of benzene rings is 2. The van der Waals surface area contributed by atoms with Crippen LogP contribution in [0.15, 0.2) is 73.1 Å². The molecule has 0 radical (unpaired) electrons. The molecule has 1 amide bonds. The summed E-state index contributed by atoms with van der Waals surface area (Å²) in [5, 5.41) is 9.80. The molecule has 7 heteroatoms. The van der Waals surface area contributed by atoms with Crippen LogP contribution in [-0.4, -0.2) is 52.4 Å². The van der Waals surface area contributed by atoms with Crippen LogP contribution in [0, 0.1) is 0 Å². The summed E-state index contributed by atoms with van der Waals surface area (Å²) in [6.45, 7) is 0.656. The third-order valence-corrected chi connectivity index (χ3v) is 6.35. The van der Waals surface area contributed by atoms with Crippen molar-refractivity contribution in [2.45, 2.75) is 31.1 Å². The van der Waals surface area contributed by atoms with E-state index in [1.165, 1.54) is 4.90 Å². The maximum atomic E-state index is 12.9. The van der Waals surface area contributed by atoms with Crippen molar-refractivity contribution in [2.75, 3.05) is 13.2 Å². The average Bonchev–Trinajstić information content (AvgIpc) is 3.42. The summed E-state index contributed by atoms with van der Waals surface area (Å²) in [5.74, 6) is -1.18. The molecule has 0 unspecified atom stereocenters. The van der Waals surface area contributed by atoms with Gasteiger partial charge in [0, 0.05) is 24.9 Å². The molecule has 1 fully saturated rings. The van der Waals surface area contributed by atoms with Crippen molar-refractivity contribution in [1.29, 1.82) is 0 Å². The number of nitrogens with zero attached hydrogens (tertiary/aromatic N) is 2. The molecule has 1 N–H and O–H groups in total. The monoisotopic (exact) mass is 444 g/mol. The first-order valence-corrected chi connectivity index (χ1v) is 11.0. The van der Waals surface area contributed by atoms with E-state index < -0.39 is 24.2 Å². The second-order valence-electron chi connectivity index (χ2n) is 8.28. The highest BCUT2D eigenvalue weighted by Gasteiger charge is 2.44. The lowest BCUT2D eigenvalue weighted by Crippen LogP contribution is -2.46. The van der Waals surface area contributed by atoms with Gasteiger partial charge in [-0.3, -0.25) is 9.88 Å². The Morgan fingerprint density at radius 3 is 2.33 bits per heavy atom. The third-order valence-electron chi connectivity index (χ3n) is 6.35. The Balaban J connectivity index is 1.26. The van der Waals surface area contributed by atoms with Gasteiger partial charge in [0.1, 0.15) is 6.61 Å². The first-order chi connectivity index (χ1) is 16.1. The van der Waals surface area contributed by atoms with Gasteiger partial charge in [-0.05, 0) is 40.3 Å². The van der Waals surface area contributed by atoms with Gasteiger partial charge >= 0.3 is 12.1 Å². The number of hydrogen-bond acceptors (Lipinski definition) is 5. The second kappa shape index (κ2) is 9.03. The molecule has 3 aromatic rings. The van der Waals surface area contributed by atoms with E-state index in [2.05, 4.69) is 17.1 Å². The summed E-state index contributed by atoms with van der Waals surface area (Å²) in [6.07, 6.45) is 2.54. The van der Waals surface area contributed by atoms with Crippen LogP contribution < -0.4 is 0 Å². The fourth-order valence-corrected chi connectivity index (χ4v) is 4.80. The maximum absolute atomic E-state index is 12.9. The molecule has 2 atom stereocenters. The fraction of sp³-hybridized carbons (Fsp3) is 0.269. The van der Waals surface area contributed by atoms with E-state index in [1.54, 1.807) is 18.5 Å². The van der Waals surface area contributed by atoms with Crippen LogP contribution >= 0.6 is 0 Å². The average molecular weight is 444 g/mol. The van der Waals surface area contributed by atoms with Gasteiger partial charge in [-0.15, -0.1) is 0 Å². The quantitative estimate of drug-likeness (QED) is 0.616. The number of aromatic nitrogens is 1. The Labute approximate surface area is 191 Å². The number of pyridine rings is 1.